The molecule has 1 fully saturated rings. The maximum Gasteiger partial charge on any atom is 0.309 e. The second-order valence-electron chi connectivity index (χ2n) is 17.6. The quantitative estimate of drug-likeness (QED) is 0.0176. The van der Waals surface area contributed by atoms with Crippen molar-refractivity contribution in [2.24, 2.45) is 5.73 Å². The minimum Gasteiger partial charge on any atom is -0.469 e. The van der Waals surface area contributed by atoms with E-state index in [2.05, 4.69) is 41.8 Å². The molecule has 0 saturated carbocycles. The third-order valence-corrected chi connectivity index (χ3v) is 12.2. The molecule has 1 saturated heterocycles. The zero-order valence-electron chi connectivity index (χ0n) is 41.9. The number of hydrogen-bond acceptors (Lipinski definition) is 14. The normalized spacial score (nSPS) is 20.2. The Morgan fingerprint density at radius 3 is 1.79 bits per heavy atom. The van der Waals surface area contributed by atoms with Crippen LogP contribution in [0.15, 0.2) is 0 Å². The Hall–Kier alpha value is -3.48. The van der Waals surface area contributed by atoms with Gasteiger partial charge >= 0.3 is 17.9 Å². The molecule has 0 aromatic heterocycles. The Kier molecular flexibility index (Phi) is 32.5. The number of amides is 4. The van der Waals surface area contributed by atoms with E-state index in [-0.39, 0.29) is 31.7 Å². The predicted molar refractivity (Wildman–Crippen MR) is 254 cm³/mol. The van der Waals surface area contributed by atoms with E-state index in [4.69, 9.17) is 26.1 Å². The Labute approximate surface area is 401 Å². The zero-order chi connectivity index (χ0) is 50.1. The van der Waals surface area contributed by atoms with Gasteiger partial charge in [-0.25, -0.2) is 0 Å². The molecule has 0 unspecified atom stereocenters. The number of unbranched alkanes of at least 4 members (excludes halogenated alkanes) is 18. The number of ether oxygens (including phenoxy) is 5. The second-order valence-corrected chi connectivity index (χ2v) is 18.2. The van der Waals surface area contributed by atoms with Gasteiger partial charge in [0.25, 0.3) is 0 Å². The first kappa shape index (κ1) is 58.6. The molecule has 0 spiro atoms. The van der Waals surface area contributed by atoms with Gasteiger partial charge in [0.2, 0.25) is 23.6 Å². The molecule has 1 aliphatic heterocycles. The van der Waals surface area contributed by atoms with Crippen LogP contribution in [0.1, 0.15) is 195 Å². The number of rotatable bonds is 38. The number of hydrogen-bond donors (Lipinski definition) is 6. The van der Waals surface area contributed by atoms with E-state index in [1.54, 1.807) is 0 Å². The van der Waals surface area contributed by atoms with E-state index in [0.29, 0.717) is 18.2 Å². The van der Waals surface area contributed by atoms with Crippen LogP contribution in [0.5, 0.6) is 0 Å². The Balaban J connectivity index is 2.92. The number of methoxy groups -OCH3 is 1. The second kappa shape index (κ2) is 36.5. The number of nitrogens with two attached hydrogens (primary N) is 1. The number of thiol groups is 1. The third-order valence-electron chi connectivity index (χ3n) is 11.7. The molecule has 9 atom stereocenters. The van der Waals surface area contributed by atoms with Crippen molar-refractivity contribution in [2.45, 2.75) is 249 Å². The first-order valence-corrected chi connectivity index (χ1v) is 25.3. The van der Waals surface area contributed by atoms with Gasteiger partial charge in [-0.2, -0.15) is 0 Å². The molecule has 0 aromatic carbocycles. The van der Waals surface area contributed by atoms with E-state index in [1.807, 2.05) is 0 Å². The maximum absolute atomic E-state index is 13.4. The molecule has 66 heavy (non-hydrogen) atoms. The number of aliphatic hydroxyl groups is 1. The van der Waals surface area contributed by atoms with Crippen LogP contribution in [0, 0.1) is 0 Å². The number of aliphatic hydroxyl groups excluding tert-OH is 1. The van der Waals surface area contributed by atoms with Crippen molar-refractivity contribution < 1.29 is 63.8 Å². The lowest BCUT2D eigenvalue weighted by Gasteiger charge is -2.43. The van der Waals surface area contributed by atoms with Gasteiger partial charge in [-0.3, -0.25) is 33.6 Å². The van der Waals surface area contributed by atoms with Gasteiger partial charge in [0.15, 0.2) is 1.41 Å². The van der Waals surface area contributed by atoms with Gasteiger partial charge < -0.3 is 50.5 Å². The smallest absolute Gasteiger partial charge is 0.309 e. The summed E-state index contributed by atoms with van der Waals surface area (Å²) in [6, 6.07) is -3.88. The van der Waals surface area contributed by atoms with Crippen LogP contribution in [0.25, 0.3) is 0 Å². The van der Waals surface area contributed by atoms with E-state index >= 15 is 0 Å². The number of carbonyl (C=O) groups is 7. The monoisotopic (exact) mass is 960 g/mol. The van der Waals surface area contributed by atoms with E-state index in [1.165, 1.54) is 97.8 Å². The highest BCUT2D eigenvalue weighted by molar-refractivity contribution is 7.80. The molecule has 0 aromatic rings. The number of esters is 3. The van der Waals surface area contributed by atoms with Crippen molar-refractivity contribution in [2.75, 3.05) is 13.7 Å². The van der Waals surface area contributed by atoms with Crippen LogP contribution >= 0.6 is 12.6 Å². The van der Waals surface area contributed by atoms with Crippen molar-refractivity contribution in [1.82, 2.24) is 15.9 Å². The summed E-state index contributed by atoms with van der Waals surface area (Å²) in [7, 11) is 1.16. The Morgan fingerprint density at radius 1 is 0.742 bits per heavy atom. The molecule has 17 nitrogen and oxygen atoms in total. The molecule has 0 bridgehead atoms. The molecule has 18 heteroatoms. The first-order chi connectivity index (χ1) is 32.0. The average molecular weight is 960 g/mol. The van der Waals surface area contributed by atoms with Gasteiger partial charge in [0.05, 0.1) is 19.6 Å². The fourth-order valence-electron chi connectivity index (χ4n) is 7.70. The fourth-order valence-corrected chi connectivity index (χ4v) is 8.10. The number of primary amides is 1. The summed E-state index contributed by atoms with van der Waals surface area (Å²) in [5.41, 5.74) is 4.26. The lowest BCUT2D eigenvalue weighted by Crippen LogP contribution is -2.64. The van der Waals surface area contributed by atoms with Gasteiger partial charge in [-0.15, -0.1) is 12.6 Å². The van der Waals surface area contributed by atoms with Gasteiger partial charge in [-0.05, 0) is 39.5 Å². The third kappa shape index (κ3) is 27.4. The summed E-state index contributed by atoms with van der Waals surface area (Å²) in [5.74, 6) is -5.08. The fraction of sp³-hybridized carbons (Fsp3) is 0.854. The highest BCUT2D eigenvalue weighted by atomic mass is 32.1. The molecule has 1 heterocycles. The predicted octanol–water partition coefficient (Wildman–Crippen LogP) is 6.18. The van der Waals surface area contributed by atoms with E-state index in [9.17, 15) is 38.7 Å². The summed E-state index contributed by atoms with van der Waals surface area (Å²) in [4.78, 5) is 88.4. The van der Waals surface area contributed by atoms with Crippen LogP contribution in [0.4, 0.5) is 0 Å². The van der Waals surface area contributed by atoms with Gasteiger partial charge in [-0.1, -0.05) is 129 Å². The number of nitrogens with one attached hydrogen (secondary N) is 3. The molecule has 1 aliphatic rings. The summed E-state index contributed by atoms with van der Waals surface area (Å²) < 4.78 is 36.2. The van der Waals surface area contributed by atoms with E-state index < -0.39 is 96.3 Å². The SMILES string of the molecule is [2H]N(C(=O)[C@@H](C)O[C@H]1[C@H](O)[C@@H](COC(=O)C[C@@H](CCCCCCCCCCC)OC(=O)CCCCCCCCCCCCC)O[C@@H](S)[C@@H]1NC(C)=O)[C@@H](C)C(=O)N[C@@H](CCC(=O)OC)C(N)=O. The van der Waals surface area contributed by atoms with Crippen molar-refractivity contribution in [3.05, 3.63) is 0 Å². The minimum absolute atomic E-state index is 0.174. The Bertz CT molecular complexity index is 1460. The lowest BCUT2D eigenvalue weighted by atomic mass is 9.97. The highest BCUT2D eigenvalue weighted by Crippen LogP contribution is 2.28. The van der Waals surface area contributed by atoms with E-state index in [0.717, 1.165) is 52.1 Å². The van der Waals surface area contributed by atoms with Crippen LogP contribution in [-0.2, 0) is 57.2 Å². The van der Waals surface area contributed by atoms with Crippen molar-refractivity contribution in [1.29, 1.82) is 0 Å². The van der Waals surface area contributed by atoms with Crippen LogP contribution in [-0.4, -0.2) is 114 Å². The standard InChI is InChI=1S/C48H86N4O13S/c1-7-9-11-13-15-17-18-20-22-24-26-28-40(55)64-36(27-25-23-21-19-16-14-12-10-8-2)31-41(56)62-32-38-43(57)44(42(48(66)65-38)51-35(5)53)63-34(4)47(60)50-33(3)46(59)52-37(45(49)58)29-30-39(54)61-6/h33-34,36-38,42-44,48,57,66H,7-32H2,1-6H3,(H2,49,58)(H,50,60)(H,51,53)(H,52,59)/t33-,34+,36+,37-,38+,42+,43+,44+,48-/m0/s1/i/hD. The molecular formula is C48H86N4O13S. The molecule has 0 aliphatic carbocycles. The average Bonchev–Trinajstić information content (AvgIpc) is 3.29. The zero-order valence-corrected chi connectivity index (χ0v) is 41.8. The molecule has 6 N–H and O–H groups in total. The van der Waals surface area contributed by atoms with Crippen molar-refractivity contribution >= 4 is 54.2 Å². The van der Waals surface area contributed by atoms with Crippen molar-refractivity contribution in [3.8, 4) is 0 Å². The molecular weight excluding hydrogens is 873 g/mol. The lowest BCUT2D eigenvalue weighted by molar-refractivity contribution is -0.204. The van der Waals surface area contributed by atoms with Crippen LogP contribution in [0.3, 0.4) is 0 Å². The minimum atomic E-state index is -1.60. The van der Waals surface area contributed by atoms with Gasteiger partial charge in [0.1, 0.15) is 54.6 Å². The summed E-state index contributed by atoms with van der Waals surface area (Å²) in [5, 5.41) is 16.8. The number of carbonyl (C=O) groups excluding carboxylic acids is 7. The summed E-state index contributed by atoms with van der Waals surface area (Å²) >= 11 is 4.46. The van der Waals surface area contributed by atoms with Crippen LogP contribution < -0.4 is 21.7 Å². The van der Waals surface area contributed by atoms with Gasteiger partial charge in [0, 0.05) is 19.8 Å². The largest absolute Gasteiger partial charge is 0.469 e. The topological polar surface area (TPSA) is 248 Å². The summed E-state index contributed by atoms with van der Waals surface area (Å²) in [6.45, 7) is 7.67. The van der Waals surface area contributed by atoms with Crippen molar-refractivity contribution in [3.63, 3.8) is 0 Å². The summed E-state index contributed by atoms with van der Waals surface area (Å²) in [6.07, 6.45) is 16.5. The molecule has 4 amide bonds. The molecule has 0 radical (unpaired) electrons. The Morgan fingerprint density at radius 2 is 1.27 bits per heavy atom. The molecule has 1 rings (SSSR count). The first-order valence-electron chi connectivity index (χ1n) is 25.2. The maximum atomic E-state index is 13.4. The van der Waals surface area contributed by atoms with Crippen LogP contribution in [0.2, 0.25) is 1.41 Å². The molecule has 382 valence electrons. The highest BCUT2D eigenvalue weighted by Gasteiger charge is 2.47.